The number of nitrogen functional groups attached to an aromatic ring is 1. The molecule has 0 amide bonds. The summed E-state index contributed by atoms with van der Waals surface area (Å²) in [5.74, 6) is 0.767. The van der Waals surface area contributed by atoms with Crippen molar-refractivity contribution in [2.45, 2.75) is 6.42 Å². The lowest BCUT2D eigenvalue weighted by Crippen LogP contribution is -2.04. The van der Waals surface area contributed by atoms with Gasteiger partial charge in [-0.1, -0.05) is 22.0 Å². The third kappa shape index (κ3) is 3.61. The van der Waals surface area contributed by atoms with Gasteiger partial charge >= 0.3 is 0 Å². The minimum absolute atomic E-state index is 0.0232. The summed E-state index contributed by atoms with van der Waals surface area (Å²) in [5, 5.41) is 0. The number of ketones is 1. The Balaban J connectivity index is 2.21. The first-order valence-electron chi connectivity index (χ1n) is 5.91. The molecule has 0 saturated carbocycles. The van der Waals surface area contributed by atoms with Crippen LogP contribution in [0.2, 0.25) is 0 Å². The van der Waals surface area contributed by atoms with E-state index in [1.54, 1.807) is 25.3 Å². The molecule has 20 heavy (non-hydrogen) atoms. The minimum atomic E-state index is 0.0232. The molecule has 0 spiro atoms. The van der Waals surface area contributed by atoms with Gasteiger partial charge in [0.25, 0.3) is 0 Å². The average molecular weight is 399 g/mol. The van der Waals surface area contributed by atoms with Crippen LogP contribution in [0.25, 0.3) is 0 Å². The fourth-order valence-electron chi connectivity index (χ4n) is 1.88. The van der Waals surface area contributed by atoms with Gasteiger partial charge in [-0.3, -0.25) is 4.79 Å². The van der Waals surface area contributed by atoms with Crippen LogP contribution in [0.5, 0.6) is 5.75 Å². The second-order valence-electron chi connectivity index (χ2n) is 4.34. The second kappa shape index (κ2) is 6.41. The van der Waals surface area contributed by atoms with Crippen molar-refractivity contribution in [3.8, 4) is 5.75 Å². The van der Waals surface area contributed by atoms with Gasteiger partial charge in [-0.15, -0.1) is 0 Å². The maximum atomic E-state index is 12.3. The molecule has 2 N–H and O–H groups in total. The van der Waals surface area contributed by atoms with Gasteiger partial charge < -0.3 is 10.5 Å². The molecule has 3 nitrogen and oxygen atoms in total. The van der Waals surface area contributed by atoms with Crippen LogP contribution in [0, 0.1) is 0 Å². The Labute approximate surface area is 134 Å². The van der Waals surface area contributed by atoms with E-state index in [2.05, 4.69) is 31.9 Å². The van der Waals surface area contributed by atoms with Crippen LogP contribution >= 0.6 is 31.9 Å². The number of halogens is 2. The average Bonchev–Trinajstić information content (AvgIpc) is 2.37. The van der Waals surface area contributed by atoms with Crippen molar-refractivity contribution in [1.82, 2.24) is 0 Å². The van der Waals surface area contributed by atoms with E-state index in [0.29, 0.717) is 17.7 Å². The third-order valence-corrected chi connectivity index (χ3v) is 3.90. The topological polar surface area (TPSA) is 52.3 Å². The summed E-state index contributed by atoms with van der Waals surface area (Å²) in [7, 11) is 1.61. The monoisotopic (exact) mass is 397 g/mol. The first kappa shape index (κ1) is 15.1. The Morgan fingerprint density at radius 1 is 1.20 bits per heavy atom. The van der Waals surface area contributed by atoms with E-state index >= 15 is 0 Å². The zero-order valence-electron chi connectivity index (χ0n) is 10.8. The van der Waals surface area contributed by atoms with Gasteiger partial charge in [-0.25, -0.2) is 0 Å². The summed E-state index contributed by atoms with van der Waals surface area (Å²) in [6, 6.07) is 10.8. The predicted molar refractivity (Wildman–Crippen MR) is 87.3 cm³/mol. The highest BCUT2D eigenvalue weighted by Crippen LogP contribution is 2.26. The molecule has 0 aliphatic rings. The number of carbonyl (C=O) groups excluding carboxylic acids is 1. The zero-order chi connectivity index (χ0) is 14.7. The molecule has 0 radical (unpaired) electrons. The number of anilines is 1. The SMILES string of the molecule is COc1ccc(CC(=O)c2cc(N)cc(Br)c2)cc1Br. The van der Waals surface area contributed by atoms with E-state index in [-0.39, 0.29) is 5.78 Å². The van der Waals surface area contributed by atoms with Crippen LogP contribution in [0.15, 0.2) is 45.3 Å². The van der Waals surface area contributed by atoms with Gasteiger partial charge in [0.05, 0.1) is 11.6 Å². The molecule has 0 atom stereocenters. The first-order valence-corrected chi connectivity index (χ1v) is 7.50. The molecule has 2 aromatic carbocycles. The summed E-state index contributed by atoms with van der Waals surface area (Å²) in [5.41, 5.74) is 7.83. The number of Topliss-reactive ketones (excluding diaryl/α,β-unsaturated/α-hetero) is 1. The summed E-state index contributed by atoms with van der Waals surface area (Å²) < 4.78 is 6.80. The molecular formula is C15H13Br2NO2. The van der Waals surface area contributed by atoms with E-state index in [4.69, 9.17) is 10.5 Å². The molecule has 5 heteroatoms. The number of hydrogen-bond acceptors (Lipinski definition) is 3. The molecule has 104 valence electrons. The number of benzene rings is 2. The molecule has 0 heterocycles. The summed E-state index contributed by atoms with van der Waals surface area (Å²) in [4.78, 5) is 12.3. The highest BCUT2D eigenvalue weighted by atomic mass is 79.9. The Kier molecular flexibility index (Phi) is 4.83. The number of methoxy groups -OCH3 is 1. The molecule has 0 bridgehead atoms. The van der Waals surface area contributed by atoms with E-state index in [1.165, 1.54) is 0 Å². The number of ether oxygens (including phenoxy) is 1. The fourth-order valence-corrected chi connectivity index (χ4v) is 2.98. The summed E-state index contributed by atoms with van der Waals surface area (Å²) >= 11 is 6.75. The molecule has 0 saturated heterocycles. The largest absolute Gasteiger partial charge is 0.496 e. The van der Waals surface area contributed by atoms with E-state index in [9.17, 15) is 4.79 Å². The van der Waals surface area contributed by atoms with E-state index < -0.39 is 0 Å². The molecule has 0 aliphatic heterocycles. The van der Waals surface area contributed by atoms with Crippen molar-refractivity contribution in [2.24, 2.45) is 0 Å². The van der Waals surface area contributed by atoms with Crippen LogP contribution in [-0.2, 0) is 6.42 Å². The Hall–Kier alpha value is -1.33. The lowest BCUT2D eigenvalue weighted by molar-refractivity contribution is 0.0993. The summed E-state index contributed by atoms with van der Waals surface area (Å²) in [6.07, 6.45) is 0.318. The number of hydrogen-bond donors (Lipinski definition) is 1. The molecular weight excluding hydrogens is 386 g/mol. The predicted octanol–water partition coefficient (Wildman–Crippen LogP) is 4.23. The number of rotatable bonds is 4. The molecule has 2 rings (SSSR count). The molecule has 0 aliphatic carbocycles. The third-order valence-electron chi connectivity index (χ3n) is 2.82. The van der Waals surface area contributed by atoms with Crippen molar-refractivity contribution in [3.63, 3.8) is 0 Å². The lowest BCUT2D eigenvalue weighted by atomic mass is 10.0. The molecule has 0 fully saturated rings. The van der Waals surface area contributed by atoms with E-state index in [0.717, 1.165) is 20.3 Å². The zero-order valence-corrected chi connectivity index (χ0v) is 14.0. The van der Waals surface area contributed by atoms with E-state index in [1.807, 2.05) is 18.2 Å². The maximum Gasteiger partial charge on any atom is 0.167 e. The molecule has 2 aromatic rings. The van der Waals surface area contributed by atoms with Crippen molar-refractivity contribution in [3.05, 3.63) is 56.5 Å². The van der Waals surface area contributed by atoms with Crippen LogP contribution < -0.4 is 10.5 Å². The smallest absolute Gasteiger partial charge is 0.167 e. The van der Waals surface area contributed by atoms with Crippen LogP contribution in [-0.4, -0.2) is 12.9 Å². The standard InChI is InChI=1S/C15H13Br2NO2/c1-20-15-3-2-9(4-13(15)17)5-14(19)10-6-11(16)8-12(18)7-10/h2-4,6-8H,5,18H2,1H3. The fraction of sp³-hybridized carbons (Fsp3) is 0.133. The highest BCUT2D eigenvalue weighted by molar-refractivity contribution is 9.10. The first-order chi connectivity index (χ1) is 9.49. The Bertz CT molecular complexity index is 636. The number of carbonyl (C=O) groups is 1. The van der Waals surface area contributed by atoms with Crippen molar-refractivity contribution < 1.29 is 9.53 Å². The lowest BCUT2D eigenvalue weighted by Gasteiger charge is -2.07. The van der Waals surface area contributed by atoms with Gasteiger partial charge in [0.1, 0.15) is 5.75 Å². The van der Waals surface area contributed by atoms with Gasteiger partial charge in [-0.2, -0.15) is 0 Å². The quantitative estimate of drug-likeness (QED) is 0.619. The normalized spacial score (nSPS) is 10.3. The summed E-state index contributed by atoms with van der Waals surface area (Å²) in [6.45, 7) is 0. The van der Waals surface area contributed by atoms with Crippen LogP contribution in [0.3, 0.4) is 0 Å². The second-order valence-corrected chi connectivity index (χ2v) is 6.11. The van der Waals surface area contributed by atoms with Crippen LogP contribution in [0.1, 0.15) is 15.9 Å². The van der Waals surface area contributed by atoms with Crippen molar-refractivity contribution in [2.75, 3.05) is 12.8 Å². The van der Waals surface area contributed by atoms with Gasteiger partial charge in [0.2, 0.25) is 0 Å². The van der Waals surface area contributed by atoms with Gasteiger partial charge in [0.15, 0.2) is 5.78 Å². The van der Waals surface area contributed by atoms with Crippen molar-refractivity contribution >= 4 is 43.3 Å². The van der Waals surface area contributed by atoms with Crippen LogP contribution in [0.4, 0.5) is 5.69 Å². The maximum absolute atomic E-state index is 12.3. The Morgan fingerprint density at radius 2 is 1.95 bits per heavy atom. The van der Waals surface area contributed by atoms with Crippen molar-refractivity contribution in [1.29, 1.82) is 0 Å². The number of nitrogens with two attached hydrogens (primary N) is 1. The van der Waals surface area contributed by atoms with Gasteiger partial charge in [0, 0.05) is 22.1 Å². The van der Waals surface area contributed by atoms with Gasteiger partial charge in [-0.05, 0) is 51.8 Å². The Morgan fingerprint density at radius 3 is 2.55 bits per heavy atom. The minimum Gasteiger partial charge on any atom is -0.496 e. The highest BCUT2D eigenvalue weighted by Gasteiger charge is 2.10. The molecule has 0 aromatic heterocycles. The molecule has 0 unspecified atom stereocenters.